The maximum absolute atomic E-state index is 4.05. The monoisotopic (exact) mass is 268 g/mol. The fraction of sp³-hybridized carbons (Fsp3) is 0.583. The van der Waals surface area contributed by atoms with E-state index in [1.807, 2.05) is 18.5 Å². The number of hydrogen-bond donors (Lipinski definition) is 1. The highest BCUT2D eigenvalue weighted by Gasteiger charge is 2.13. The lowest BCUT2D eigenvalue weighted by Gasteiger charge is -2.22. The molecule has 0 saturated heterocycles. The zero-order chi connectivity index (χ0) is 10.5. The van der Waals surface area contributed by atoms with Crippen molar-refractivity contribution in [2.24, 2.45) is 5.92 Å². The van der Waals surface area contributed by atoms with Crippen molar-refractivity contribution in [3.8, 4) is 0 Å². The van der Waals surface area contributed by atoms with Crippen LogP contribution in [0.15, 0.2) is 22.9 Å². The first-order valence-electron chi connectivity index (χ1n) is 5.69. The second-order valence-corrected chi connectivity index (χ2v) is 5.09. The van der Waals surface area contributed by atoms with Crippen molar-refractivity contribution in [1.29, 1.82) is 0 Å². The topological polar surface area (TPSA) is 24.9 Å². The molecular weight excluding hydrogens is 252 g/mol. The number of anilines is 1. The Hall–Kier alpha value is -0.570. The molecule has 1 aliphatic carbocycles. The standard InChI is InChI=1S/C12H17BrN2/c13-11-9-14-7-6-12(11)15-8-10-4-2-1-3-5-10/h6-7,9-10H,1-5,8H2,(H,14,15). The minimum atomic E-state index is 0.860. The predicted octanol–water partition coefficient (Wildman–Crippen LogP) is 3.84. The molecule has 2 nitrogen and oxygen atoms in total. The smallest absolute Gasteiger partial charge is 0.0590 e. The zero-order valence-corrected chi connectivity index (χ0v) is 10.5. The Bertz CT molecular complexity index is 308. The van der Waals surface area contributed by atoms with E-state index in [1.165, 1.54) is 32.1 Å². The number of rotatable bonds is 3. The highest BCUT2D eigenvalue weighted by atomic mass is 79.9. The van der Waals surface area contributed by atoms with Crippen LogP contribution in [0.3, 0.4) is 0 Å². The number of halogens is 1. The summed E-state index contributed by atoms with van der Waals surface area (Å²) in [5.41, 5.74) is 1.16. The fourth-order valence-corrected chi connectivity index (χ4v) is 2.55. The molecule has 1 saturated carbocycles. The minimum absolute atomic E-state index is 0.860. The Kier molecular flexibility index (Phi) is 4.01. The van der Waals surface area contributed by atoms with Crippen molar-refractivity contribution in [2.75, 3.05) is 11.9 Å². The third-order valence-electron chi connectivity index (χ3n) is 3.08. The molecular formula is C12H17BrN2. The summed E-state index contributed by atoms with van der Waals surface area (Å²) in [6.07, 6.45) is 10.7. The van der Waals surface area contributed by atoms with Crippen molar-refractivity contribution >= 4 is 21.6 Å². The minimum Gasteiger partial charge on any atom is -0.384 e. The summed E-state index contributed by atoms with van der Waals surface area (Å²) < 4.78 is 1.06. The lowest BCUT2D eigenvalue weighted by Crippen LogP contribution is -2.17. The SMILES string of the molecule is Brc1cnccc1NCC1CCCCC1. The summed E-state index contributed by atoms with van der Waals surface area (Å²) in [5.74, 6) is 0.860. The van der Waals surface area contributed by atoms with Crippen LogP contribution in [0.5, 0.6) is 0 Å². The van der Waals surface area contributed by atoms with Gasteiger partial charge in [-0.25, -0.2) is 0 Å². The van der Waals surface area contributed by atoms with E-state index >= 15 is 0 Å². The van der Waals surface area contributed by atoms with Gasteiger partial charge in [0, 0.05) is 18.9 Å². The molecule has 1 aromatic rings. The molecule has 0 aliphatic heterocycles. The molecule has 3 heteroatoms. The summed E-state index contributed by atoms with van der Waals surface area (Å²) in [6, 6.07) is 2.02. The van der Waals surface area contributed by atoms with Crippen molar-refractivity contribution in [1.82, 2.24) is 4.98 Å². The summed E-state index contributed by atoms with van der Waals surface area (Å²) in [6.45, 7) is 1.10. The maximum Gasteiger partial charge on any atom is 0.0590 e. The van der Waals surface area contributed by atoms with Gasteiger partial charge in [-0.05, 0) is 40.8 Å². The molecule has 1 N–H and O–H groups in total. The number of hydrogen-bond acceptors (Lipinski definition) is 2. The number of pyridine rings is 1. The summed E-state index contributed by atoms with van der Waals surface area (Å²) in [7, 11) is 0. The maximum atomic E-state index is 4.05. The molecule has 2 rings (SSSR count). The first-order valence-corrected chi connectivity index (χ1v) is 6.49. The first-order chi connectivity index (χ1) is 7.36. The van der Waals surface area contributed by atoms with Crippen LogP contribution in [0.1, 0.15) is 32.1 Å². The molecule has 15 heavy (non-hydrogen) atoms. The quantitative estimate of drug-likeness (QED) is 0.901. The van der Waals surface area contributed by atoms with Crippen LogP contribution < -0.4 is 5.32 Å². The number of nitrogens with one attached hydrogen (secondary N) is 1. The van der Waals surface area contributed by atoms with Gasteiger partial charge < -0.3 is 5.32 Å². The molecule has 0 aromatic carbocycles. The second-order valence-electron chi connectivity index (χ2n) is 4.24. The van der Waals surface area contributed by atoms with Crippen LogP contribution in [0, 0.1) is 5.92 Å². The zero-order valence-electron chi connectivity index (χ0n) is 8.88. The molecule has 0 spiro atoms. The third-order valence-corrected chi connectivity index (χ3v) is 3.71. The predicted molar refractivity (Wildman–Crippen MR) is 67.0 cm³/mol. The van der Waals surface area contributed by atoms with Gasteiger partial charge in [0.15, 0.2) is 0 Å². The van der Waals surface area contributed by atoms with Crippen molar-refractivity contribution in [2.45, 2.75) is 32.1 Å². The average Bonchev–Trinajstić information content (AvgIpc) is 2.29. The van der Waals surface area contributed by atoms with Gasteiger partial charge in [0.05, 0.1) is 10.2 Å². The second kappa shape index (κ2) is 5.50. The molecule has 0 unspecified atom stereocenters. The summed E-state index contributed by atoms with van der Waals surface area (Å²) >= 11 is 3.50. The van der Waals surface area contributed by atoms with Gasteiger partial charge in [0.1, 0.15) is 0 Å². The van der Waals surface area contributed by atoms with Crippen LogP contribution in [0.2, 0.25) is 0 Å². The van der Waals surface area contributed by atoms with Crippen LogP contribution in [0.4, 0.5) is 5.69 Å². The van der Waals surface area contributed by atoms with E-state index in [2.05, 4.69) is 26.2 Å². The first kappa shape index (κ1) is 10.9. The van der Waals surface area contributed by atoms with Crippen LogP contribution in [0.25, 0.3) is 0 Å². The Morgan fingerprint density at radius 1 is 1.33 bits per heavy atom. The molecule has 1 fully saturated rings. The Labute approximate surface area is 99.6 Å². The van der Waals surface area contributed by atoms with Gasteiger partial charge in [0.25, 0.3) is 0 Å². The van der Waals surface area contributed by atoms with Crippen molar-refractivity contribution in [3.05, 3.63) is 22.9 Å². The molecule has 0 atom stereocenters. The van der Waals surface area contributed by atoms with E-state index < -0.39 is 0 Å². The van der Waals surface area contributed by atoms with Gasteiger partial charge in [-0.15, -0.1) is 0 Å². The molecule has 1 heterocycles. The Morgan fingerprint density at radius 3 is 2.87 bits per heavy atom. The van der Waals surface area contributed by atoms with Gasteiger partial charge in [0.2, 0.25) is 0 Å². The Balaban J connectivity index is 1.84. The highest BCUT2D eigenvalue weighted by Crippen LogP contribution is 2.25. The molecule has 1 aromatic heterocycles. The van der Waals surface area contributed by atoms with Gasteiger partial charge in [-0.1, -0.05) is 19.3 Å². The largest absolute Gasteiger partial charge is 0.384 e. The van der Waals surface area contributed by atoms with Gasteiger partial charge in [-0.3, -0.25) is 4.98 Å². The van der Waals surface area contributed by atoms with Crippen molar-refractivity contribution < 1.29 is 0 Å². The molecule has 0 bridgehead atoms. The average molecular weight is 269 g/mol. The van der Waals surface area contributed by atoms with E-state index in [0.717, 1.165) is 22.6 Å². The number of aromatic nitrogens is 1. The van der Waals surface area contributed by atoms with E-state index in [4.69, 9.17) is 0 Å². The van der Waals surface area contributed by atoms with E-state index in [9.17, 15) is 0 Å². The Morgan fingerprint density at radius 2 is 2.13 bits per heavy atom. The van der Waals surface area contributed by atoms with Crippen LogP contribution >= 0.6 is 15.9 Å². The highest BCUT2D eigenvalue weighted by molar-refractivity contribution is 9.10. The van der Waals surface area contributed by atoms with Crippen molar-refractivity contribution in [3.63, 3.8) is 0 Å². The molecule has 0 amide bonds. The molecule has 0 radical (unpaired) electrons. The summed E-state index contributed by atoms with van der Waals surface area (Å²) in [4.78, 5) is 4.05. The normalized spacial score (nSPS) is 17.7. The lowest BCUT2D eigenvalue weighted by atomic mass is 9.89. The summed E-state index contributed by atoms with van der Waals surface area (Å²) in [5, 5.41) is 3.50. The van der Waals surface area contributed by atoms with Crippen LogP contribution in [-0.2, 0) is 0 Å². The van der Waals surface area contributed by atoms with E-state index in [-0.39, 0.29) is 0 Å². The van der Waals surface area contributed by atoms with Crippen LogP contribution in [-0.4, -0.2) is 11.5 Å². The molecule has 1 aliphatic rings. The van der Waals surface area contributed by atoms with Gasteiger partial charge >= 0.3 is 0 Å². The number of nitrogens with zero attached hydrogens (tertiary/aromatic N) is 1. The van der Waals surface area contributed by atoms with E-state index in [0.29, 0.717) is 0 Å². The van der Waals surface area contributed by atoms with Gasteiger partial charge in [-0.2, -0.15) is 0 Å². The van der Waals surface area contributed by atoms with E-state index in [1.54, 1.807) is 0 Å². The fourth-order valence-electron chi connectivity index (χ4n) is 2.16. The lowest BCUT2D eigenvalue weighted by molar-refractivity contribution is 0.373. The molecule has 82 valence electrons. The third kappa shape index (κ3) is 3.20.